The van der Waals surface area contributed by atoms with Crippen LogP contribution in [-0.4, -0.2) is 72.4 Å². The zero-order valence-electron chi connectivity index (χ0n) is 21.4. The van der Waals surface area contributed by atoms with Crippen molar-refractivity contribution in [3.8, 4) is 10.6 Å². The Morgan fingerprint density at radius 3 is 2.70 bits per heavy atom. The average Bonchev–Trinajstić information content (AvgIpc) is 3.46. The van der Waals surface area contributed by atoms with E-state index in [2.05, 4.69) is 25.6 Å². The molecule has 37 heavy (non-hydrogen) atoms. The predicted molar refractivity (Wildman–Crippen MR) is 143 cm³/mol. The van der Waals surface area contributed by atoms with E-state index in [1.54, 1.807) is 20.0 Å². The molecule has 200 valence electrons. The number of thiazole rings is 1. The highest BCUT2D eigenvalue weighted by Crippen LogP contribution is 2.43. The van der Waals surface area contributed by atoms with Crippen LogP contribution in [0, 0.1) is 18.8 Å². The first-order chi connectivity index (χ1) is 17.5. The van der Waals surface area contributed by atoms with Gasteiger partial charge in [0.15, 0.2) is 11.5 Å². The molecule has 3 heterocycles. The number of rotatable bonds is 10. The lowest BCUT2D eigenvalue weighted by Gasteiger charge is -2.34. The van der Waals surface area contributed by atoms with Gasteiger partial charge in [-0.15, -0.1) is 11.3 Å². The summed E-state index contributed by atoms with van der Waals surface area (Å²) in [7, 11) is 0. The van der Waals surface area contributed by atoms with Gasteiger partial charge < -0.3 is 36.4 Å². The molecule has 3 aromatic rings. The molecule has 2 aliphatic rings. The van der Waals surface area contributed by atoms with Crippen LogP contribution in [0.15, 0.2) is 12.3 Å². The standard InChI is InChI=1S/C25H35N7O4S/c1-13-17(22-30-18-16(37-22)7-9-27-20(18)26)21(31-23(29-13)28-10-11-36-12-14-4-5-14)32-25(35)8-6-15(19(25)33)24(2,3)34/h7,9,14-15,19,33-35H,4-6,8,10-12H2,1-3H3,(H2,26,27)(H2,28,29,31,32). The Bertz CT molecular complexity index is 1280. The van der Waals surface area contributed by atoms with E-state index < -0.39 is 23.3 Å². The molecule has 0 amide bonds. The van der Waals surface area contributed by atoms with Gasteiger partial charge in [0.1, 0.15) is 22.4 Å². The summed E-state index contributed by atoms with van der Waals surface area (Å²) in [5, 5.41) is 39.9. The lowest BCUT2D eigenvalue weighted by molar-refractivity contribution is -0.0926. The molecular weight excluding hydrogens is 494 g/mol. The fraction of sp³-hybridized carbons (Fsp3) is 0.600. The van der Waals surface area contributed by atoms with E-state index in [1.165, 1.54) is 24.2 Å². The first kappa shape index (κ1) is 26.0. The maximum absolute atomic E-state index is 11.5. The van der Waals surface area contributed by atoms with Crippen molar-refractivity contribution < 1.29 is 20.1 Å². The molecular formula is C25H35N7O4S. The van der Waals surface area contributed by atoms with Crippen molar-refractivity contribution >= 4 is 39.1 Å². The Morgan fingerprint density at radius 1 is 1.24 bits per heavy atom. The van der Waals surface area contributed by atoms with Crippen molar-refractivity contribution in [3.05, 3.63) is 18.0 Å². The van der Waals surface area contributed by atoms with Gasteiger partial charge in [0.2, 0.25) is 5.95 Å². The number of pyridine rings is 1. The van der Waals surface area contributed by atoms with Crippen LogP contribution in [0.1, 0.15) is 45.2 Å². The van der Waals surface area contributed by atoms with Crippen LogP contribution >= 0.6 is 11.3 Å². The van der Waals surface area contributed by atoms with Crippen LogP contribution in [0.2, 0.25) is 0 Å². The number of aliphatic hydroxyl groups is 3. The topological polar surface area (TPSA) is 172 Å². The number of aliphatic hydroxyl groups excluding tert-OH is 1. The summed E-state index contributed by atoms with van der Waals surface area (Å²) in [5.41, 5.74) is 5.03. The summed E-state index contributed by atoms with van der Waals surface area (Å²) < 4.78 is 6.57. The van der Waals surface area contributed by atoms with Crippen LogP contribution in [0.5, 0.6) is 0 Å². The summed E-state index contributed by atoms with van der Waals surface area (Å²) in [4.78, 5) is 18.1. The van der Waals surface area contributed by atoms with Gasteiger partial charge in [-0.3, -0.25) is 0 Å². The van der Waals surface area contributed by atoms with E-state index in [4.69, 9.17) is 15.5 Å². The number of aryl methyl sites for hydroxylation is 1. The Balaban J connectivity index is 1.46. The minimum atomic E-state index is -1.69. The first-order valence-electron chi connectivity index (χ1n) is 12.7. The lowest BCUT2D eigenvalue weighted by atomic mass is 9.87. The van der Waals surface area contributed by atoms with E-state index in [-0.39, 0.29) is 6.42 Å². The fourth-order valence-corrected chi connectivity index (χ4v) is 5.91. The molecule has 2 fully saturated rings. The number of nitrogens with zero attached hydrogens (tertiary/aromatic N) is 4. The van der Waals surface area contributed by atoms with E-state index in [0.717, 1.165) is 11.3 Å². The minimum absolute atomic E-state index is 0.236. The van der Waals surface area contributed by atoms with Crippen LogP contribution in [-0.2, 0) is 4.74 Å². The molecule has 0 bridgehead atoms. The van der Waals surface area contributed by atoms with Gasteiger partial charge in [0.25, 0.3) is 0 Å². The largest absolute Gasteiger partial charge is 0.390 e. The first-order valence-corrected chi connectivity index (χ1v) is 13.5. The summed E-state index contributed by atoms with van der Waals surface area (Å²) in [6.45, 7) is 6.96. The quantitative estimate of drug-likeness (QED) is 0.168. The zero-order chi connectivity index (χ0) is 26.4. The van der Waals surface area contributed by atoms with Crippen molar-refractivity contribution in [2.45, 2.75) is 63.9 Å². The molecule has 0 saturated heterocycles. The third-order valence-corrected chi connectivity index (χ3v) is 8.21. The number of ether oxygens (including phenoxy) is 1. The maximum atomic E-state index is 11.5. The van der Waals surface area contributed by atoms with Crippen molar-refractivity contribution in [2.24, 2.45) is 11.8 Å². The third kappa shape index (κ3) is 5.48. The summed E-state index contributed by atoms with van der Waals surface area (Å²) in [5.74, 6) is 1.22. The Hall–Kier alpha value is -2.64. The number of fused-ring (bicyclic) bond motifs is 1. The lowest BCUT2D eigenvalue weighted by Crippen LogP contribution is -2.51. The van der Waals surface area contributed by atoms with Crippen molar-refractivity contribution in [1.82, 2.24) is 19.9 Å². The molecule has 0 radical (unpaired) electrons. The monoisotopic (exact) mass is 529 g/mol. The normalized spacial score (nSPS) is 24.1. The molecule has 2 saturated carbocycles. The van der Waals surface area contributed by atoms with Crippen LogP contribution in [0.4, 0.5) is 17.6 Å². The molecule has 5 rings (SSSR count). The van der Waals surface area contributed by atoms with Gasteiger partial charge in [0.05, 0.1) is 28.2 Å². The second-order valence-electron chi connectivity index (χ2n) is 10.7. The summed E-state index contributed by atoms with van der Waals surface area (Å²) in [6.07, 6.45) is 3.58. The van der Waals surface area contributed by atoms with E-state index >= 15 is 0 Å². The Labute approximate surface area is 219 Å². The Kier molecular flexibility index (Phi) is 6.96. The van der Waals surface area contributed by atoms with Gasteiger partial charge in [-0.25, -0.2) is 15.0 Å². The van der Waals surface area contributed by atoms with Gasteiger partial charge in [0, 0.05) is 25.3 Å². The zero-order valence-corrected chi connectivity index (χ0v) is 22.2. The third-order valence-electron chi connectivity index (χ3n) is 7.17. The van der Waals surface area contributed by atoms with Crippen LogP contribution in [0.25, 0.3) is 20.8 Å². The number of nitrogens with two attached hydrogens (primary N) is 1. The van der Waals surface area contributed by atoms with Gasteiger partial charge in [-0.05, 0) is 58.4 Å². The number of nitrogens with one attached hydrogen (secondary N) is 2. The second-order valence-corrected chi connectivity index (χ2v) is 11.7. The number of hydrogen-bond donors (Lipinski definition) is 6. The maximum Gasteiger partial charge on any atom is 0.224 e. The van der Waals surface area contributed by atoms with Gasteiger partial charge in [-0.1, -0.05) is 0 Å². The number of aromatic nitrogens is 4. The fourth-order valence-electron chi connectivity index (χ4n) is 4.84. The van der Waals surface area contributed by atoms with Crippen LogP contribution in [0.3, 0.4) is 0 Å². The second kappa shape index (κ2) is 9.91. The molecule has 2 aliphatic carbocycles. The molecule has 11 nitrogen and oxygen atoms in total. The number of hydrogen-bond acceptors (Lipinski definition) is 12. The SMILES string of the molecule is Cc1nc(NCCOCC2CC2)nc(NC2(O)CCC(C(C)(C)O)C2O)c1-c1nc2c(N)nccc2s1. The highest BCUT2D eigenvalue weighted by atomic mass is 32.1. The minimum Gasteiger partial charge on any atom is -0.390 e. The average molecular weight is 530 g/mol. The molecule has 0 spiro atoms. The van der Waals surface area contributed by atoms with Crippen molar-refractivity contribution in [3.63, 3.8) is 0 Å². The summed E-state index contributed by atoms with van der Waals surface area (Å²) in [6, 6.07) is 1.84. The summed E-state index contributed by atoms with van der Waals surface area (Å²) >= 11 is 1.42. The highest BCUT2D eigenvalue weighted by Gasteiger charge is 2.52. The van der Waals surface area contributed by atoms with Gasteiger partial charge >= 0.3 is 0 Å². The van der Waals surface area contributed by atoms with Crippen LogP contribution < -0.4 is 16.4 Å². The van der Waals surface area contributed by atoms with Crippen molar-refractivity contribution in [1.29, 1.82) is 0 Å². The van der Waals surface area contributed by atoms with E-state index in [9.17, 15) is 15.3 Å². The molecule has 0 aliphatic heterocycles. The van der Waals surface area contributed by atoms with E-state index in [1.807, 2.05) is 13.0 Å². The van der Waals surface area contributed by atoms with Crippen molar-refractivity contribution in [2.75, 3.05) is 36.1 Å². The highest BCUT2D eigenvalue weighted by molar-refractivity contribution is 7.21. The number of anilines is 3. The smallest absolute Gasteiger partial charge is 0.224 e. The van der Waals surface area contributed by atoms with E-state index in [0.29, 0.717) is 64.9 Å². The van der Waals surface area contributed by atoms with Gasteiger partial charge in [-0.2, -0.15) is 4.98 Å². The molecule has 3 aromatic heterocycles. The predicted octanol–water partition coefficient (Wildman–Crippen LogP) is 2.52. The number of nitrogen functional groups attached to an aromatic ring is 1. The molecule has 3 atom stereocenters. The molecule has 12 heteroatoms. The Morgan fingerprint density at radius 2 is 2.03 bits per heavy atom. The molecule has 7 N–H and O–H groups in total. The molecule has 0 aromatic carbocycles. The molecule has 3 unspecified atom stereocenters.